The molecule has 0 amide bonds. The zero-order valence-electron chi connectivity index (χ0n) is 11.7. The third-order valence-electron chi connectivity index (χ3n) is 2.86. The quantitative estimate of drug-likeness (QED) is 0.645. The smallest absolute Gasteiger partial charge is 0.122 e. The molecule has 1 N–H and O–H groups in total. The summed E-state index contributed by atoms with van der Waals surface area (Å²) in [6.45, 7) is 6.92. The van der Waals surface area contributed by atoms with Gasteiger partial charge in [0.1, 0.15) is 5.75 Å². The van der Waals surface area contributed by atoms with Gasteiger partial charge in [-0.15, -0.1) is 0 Å². The van der Waals surface area contributed by atoms with Gasteiger partial charge in [0.15, 0.2) is 0 Å². The van der Waals surface area contributed by atoms with E-state index in [2.05, 4.69) is 24.1 Å². The molecular weight excluding hydrogens is 224 g/mol. The van der Waals surface area contributed by atoms with E-state index in [0.29, 0.717) is 0 Å². The summed E-state index contributed by atoms with van der Waals surface area (Å²) in [5, 5.41) is 3.26. The molecular formula is C15H26N2O. The van der Waals surface area contributed by atoms with Gasteiger partial charge in [-0.2, -0.15) is 0 Å². The maximum absolute atomic E-state index is 5.74. The molecule has 0 saturated heterocycles. The lowest BCUT2D eigenvalue weighted by atomic mass is 10.2. The predicted octanol–water partition coefficient (Wildman–Crippen LogP) is 3.54. The van der Waals surface area contributed by atoms with Crippen LogP contribution in [0.5, 0.6) is 5.75 Å². The summed E-state index contributed by atoms with van der Waals surface area (Å²) in [6.07, 6.45) is 8.18. The second-order valence-corrected chi connectivity index (χ2v) is 4.53. The van der Waals surface area contributed by atoms with Gasteiger partial charge in [0.25, 0.3) is 0 Å². The van der Waals surface area contributed by atoms with Crippen molar-refractivity contribution in [3.8, 4) is 5.75 Å². The Morgan fingerprint density at radius 2 is 2.00 bits per heavy atom. The summed E-state index contributed by atoms with van der Waals surface area (Å²) in [5.74, 6) is 0.938. The Balaban J connectivity index is 2.20. The Labute approximate surface area is 111 Å². The second kappa shape index (κ2) is 9.89. The van der Waals surface area contributed by atoms with Crippen molar-refractivity contribution < 1.29 is 4.74 Å². The lowest BCUT2D eigenvalue weighted by molar-refractivity contribution is 0.304. The van der Waals surface area contributed by atoms with Crippen molar-refractivity contribution in [1.29, 1.82) is 0 Å². The molecule has 1 rings (SSSR count). The Hall–Kier alpha value is -1.09. The van der Waals surface area contributed by atoms with Gasteiger partial charge in [-0.3, -0.25) is 4.98 Å². The first-order valence-corrected chi connectivity index (χ1v) is 7.15. The highest BCUT2D eigenvalue weighted by atomic mass is 16.5. The van der Waals surface area contributed by atoms with E-state index in [1.165, 1.54) is 25.7 Å². The topological polar surface area (TPSA) is 34.1 Å². The molecule has 1 aromatic heterocycles. The van der Waals surface area contributed by atoms with Gasteiger partial charge in [-0.1, -0.05) is 39.5 Å². The summed E-state index contributed by atoms with van der Waals surface area (Å²) in [6, 6.07) is 3.95. The number of nitrogens with zero attached hydrogens (tertiary/aromatic N) is 1. The molecule has 0 fully saturated rings. The average molecular weight is 250 g/mol. The molecule has 1 aromatic rings. The van der Waals surface area contributed by atoms with E-state index < -0.39 is 0 Å². The highest BCUT2D eigenvalue weighted by Crippen LogP contribution is 2.12. The van der Waals surface area contributed by atoms with E-state index in [4.69, 9.17) is 4.74 Å². The molecule has 3 heteroatoms. The third-order valence-corrected chi connectivity index (χ3v) is 2.86. The summed E-state index contributed by atoms with van der Waals surface area (Å²) in [4.78, 5) is 4.30. The molecule has 0 bridgehead atoms. The maximum Gasteiger partial charge on any atom is 0.122 e. The van der Waals surface area contributed by atoms with Crippen LogP contribution in [-0.4, -0.2) is 18.1 Å². The monoisotopic (exact) mass is 250 g/mol. The predicted molar refractivity (Wildman–Crippen MR) is 75.9 cm³/mol. The largest absolute Gasteiger partial charge is 0.493 e. The maximum atomic E-state index is 5.74. The van der Waals surface area contributed by atoms with E-state index >= 15 is 0 Å². The van der Waals surface area contributed by atoms with Crippen LogP contribution in [0, 0.1) is 0 Å². The van der Waals surface area contributed by atoms with Crippen LogP contribution in [0.3, 0.4) is 0 Å². The number of nitrogens with one attached hydrogen (secondary N) is 1. The van der Waals surface area contributed by atoms with E-state index in [1.54, 1.807) is 0 Å². The molecule has 1 heterocycles. The average Bonchev–Trinajstić information content (AvgIpc) is 2.41. The number of rotatable bonds is 10. The first kappa shape index (κ1) is 15.0. The molecule has 0 aliphatic carbocycles. The molecule has 0 atom stereocenters. The van der Waals surface area contributed by atoms with Crippen molar-refractivity contribution in [2.24, 2.45) is 0 Å². The third kappa shape index (κ3) is 6.60. The number of hydrogen-bond donors (Lipinski definition) is 1. The van der Waals surface area contributed by atoms with Gasteiger partial charge < -0.3 is 10.1 Å². The molecule has 0 spiro atoms. The first-order valence-electron chi connectivity index (χ1n) is 7.15. The number of aromatic nitrogens is 1. The van der Waals surface area contributed by atoms with Crippen molar-refractivity contribution in [1.82, 2.24) is 10.3 Å². The number of unbranched alkanes of at least 4 members (excludes halogenated alkanes) is 4. The van der Waals surface area contributed by atoms with Crippen LogP contribution in [0.2, 0.25) is 0 Å². The molecule has 0 aliphatic rings. The van der Waals surface area contributed by atoms with Crippen molar-refractivity contribution in [2.75, 3.05) is 13.2 Å². The van der Waals surface area contributed by atoms with Crippen molar-refractivity contribution in [2.45, 2.75) is 52.5 Å². The lowest BCUT2D eigenvalue weighted by Gasteiger charge is -2.07. The minimum absolute atomic E-state index is 0.810. The summed E-state index contributed by atoms with van der Waals surface area (Å²) in [5.41, 5.74) is 1.04. The van der Waals surface area contributed by atoms with Crippen LogP contribution in [0.15, 0.2) is 18.3 Å². The molecule has 18 heavy (non-hydrogen) atoms. The Morgan fingerprint density at radius 3 is 2.78 bits per heavy atom. The zero-order valence-corrected chi connectivity index (χ0v) is 11.7. The number of hydrogen-bond acceptors (Lipinski definition) is 3. The van der Waals surface area contributed by atoms with E-state index in [1.807, 2.05) is 18.3 Å². The fourth-order valence-electron chi connectivity index (χ4n) is 1.79. The number of ether oxygens (including phenoxy) is 1. The highest BCUT2D eigenvalue weighted by molar-refractivity contribution is 5.22. The molecule has 0 unspecified atom stereocenters. The van der Waals surface area contributed by atoms with E-state index in [9.17, 15) is 0 Å². The molecule has 0 radical (unpaired) electrons. The molecule has 0 aliphatic heterocycles. The normalized spacial score (nSPS) is 10.6. The van der Waals surface area contributed by atoms with Crippen LogP contribution in [-0.2, 0) is 6.54 Å². The van der Waals surface area contributed by atoms with Crippen molar-refractivity contribution in [3.63, 3.8) is 0 Å². The molecule has 0 saturated carbocycles. The number of pyridine rings is 1. The molecule has 102 valence electrons. The van der Waals surface area contributed by atoms with Crippen LogP contribution >= 0.6 is 0 Å². The van der Waals surface area contributed by atoms with Crippen molar-refractivity contribution in [3.05, 3.63) is 24.0 Å². The first-order chi connectivity index (χ1) is 8.86. The van der Waals surface area contributed by atoms with E-state index in [0.717, 1.165) is 37.6 Å². The summed E-state index contributed by atoms with van der Waals surface area (Å²) < 4.78 is 5.74. The van der Waals surface area contributed by atoms with Gasteiger partial charge in [-0.05, 0) is 19.0 Å². The minimum Gasteiger partial charge on any atom is -0.493 e. The van der Waals surface area contributed by atoms with Gasteiger partial charge >= 0.3 is 0 Å². The standard InChI is InChI=1S/C15H26N2O/c1-3-5-6-7-8-11-18-15-9-10-17-14(12-15)13-16-4-2/h9-10,12,16H,3-8,11,13H2,1-2H3. The van der Waals surface area contributed by atoms with Crippen LogP contribution in [0.4, 0.5) is 0 Å². The minimum atomic E-state index is 0.810. The summed E-state index contributed by atoms with van der Waals surface area (Å²) >= 11 is 0. The van der Waals surface area contributed by atoms with Crippen LogP contribution in [0.25, 0.3) is 0 Å². The fourth-order valence-corrected chi connectivity index (χ4v) is 1.79. The van der Waals surface area contributed by atoms with Gasteiger partial charge in [-0.25, -0.2) is 0 Å². The Kier molecular flexibility index (Phi) is 8.23. The zero-order chi connectivity index (χ0) is 13.1. The fraction of sp³-hybridized carbons (Fsp3) is 0.667. The summed E-state index contributed by atoms with van der Waals surface area (Å²) in [7, 11) is 0. The van der Waals surface area contributed by atoms with Gasteiger partial charge in [0, 0.05) is 18.8 Å². The lowest BCUT2D eigenvalue weighted by Crippen LogP contribution is -2.12. The second-order valence-electron chi connectivity index (χ2n) is 4.53. The van der Waals surface area contributed by atoms with Crippen LogP contribution < -0.4 is 10.1 Å². The van der Waals surface area contributed by atoms with Gasteiger partial charge in [0.2, 0.25) is 0 Å². The molecule has 0 aromatic carbocycles. The Bertz CT molecular complexity index is 315. The highest BCUT2D eigenvalue weighted by Gasteiger charge is 1.98. The molecule has 3 nitrogen and oxygen atoms in total. The Morgan fingerprint density at radius 1 is 1.17 bits per heavy atom. The SMILES string of the molecule is CCCCCCCOc1ccnc(CNCC)c1. The van der Waals surface area contributed by atoms with Crippen molar-refractivity contribution >= 4 is 0 Å². The van der Waals surface area contributed by atoms with Crippen LogP contribution in [0.1, 0.15) is 51.6 Å². The van der Waals surface area contributed by atoms with Gasteiger partial charge in [0.05, 0.1) is 12.3 Å². The van der Waals surface area contributed by atoms with E-state index in [-0.39, 0.29) is 0 Å².